The number of halogens is 2. The molecule has 7 rings (SSSR count). The highest BCUT2D eigenvalue weighted by molar-refractivity contribution is 6.72. The second kappa shape index (κ2) is 14.4. The van der Waals surface area contributed by atoms with Crippen molar-refractivity contribution in [3.05, 3.63) is 142 Å². The zero-order chi connectivity index (χ0) is 36.6. The van der Waals surface area contributed by atoms with Gasteiger partial charge < -0.3 is 24.2 Å². The third-order valence-electron chi connectivity index (χ3n) is 10.5. The van der Waals surface area contributed by atoms with Crippen molar-refractivity contribution in [3.8, 4) is 0 Å². The summed E-state index contributed by atoms with van der Waals surface area (Å²) < 4.78 is 25.0. The average Bonchev–Trinajstić information content (AvgIpc) is 3.79. The number of nitrogens with zero attached hydrogens (tertiary/aromatic N) is 4. The van der Waals surface area contributed by atoms with Crippen LogP contribution in [0.3, 0.4) is 0 Å². The molecular formula is C40H41ClFN5O4Si. The number of aliphatic hydroxyl groups is 1. The lowest BCUT2D eigenvalue weighted by molar-refractivity contribution is -0.146. The molecule has 268 valence electrons. The van der Waals surface area contributed by atoms with Gasteiger partial charge in [-0.3, -0.25) is 14.3 Å². The van der Waals surface area contributed by atoms with Gasteiger partial charge in [-0.05, 0) is 73.1 Å². The molecule has 0 bridgehead atoms. The van der Waals surface area contributed by atoms with E-state index in [9.17, 15) is 14.7 Å². The molecule has 9 nitrogen and oxygen atoms in total. The molecule has 5 aromatic rings. The Morgan fingerprint density at radius 2 is 1.73 bits per heavy atom. The van der Waals surface area contributed by atoms with Crippen LogP contribution in [0.25, 0.3) is 0 Å². The van der Waals surface area contributed by atoms with Gasteiger partial charge in [0.25, 0.3) is 11.8 Å². The van der Waals surface area contributed by atoms with Gasteiger partial charge in [0.2, 0.25) is 8.41 Å². The van der Waals surface area contributed by atoms with Crippen LogP contribution in [-0.2, 0) is 28.2 Å². The maximum Gasteiger partial charge on any atom is 0.264 e. The number of nitrogens with one attached hydrogen (secondary N) is 1. The third kappa shape index (κ3) is 6.69. The molecule has 1 unspecified atom stereocenters. The topological polar surface area (TPSA) is 110 Å². The van der Waals surface area contributed by atoms with Crippen molar-refractivity contribution in [2.24, 2.45) is 5.92 Å². The largest absolute Gasteiger partial charge is 0.395 e. The van der Waals surface area contributed by atoms with Gasteiger partial charge in [0.05, 0.1) is 36.6 Å². The lowest BCUT2D eigenvalue weighted by Crippen LogP contribution is -2.45. The van der Waals surface area contributed by atoms with Crippen LogP contribution in [0.4, 0.5) is 15.5 Å². The van der Waals surface area contributed by atoms with Gasteiger partial charge in [-0.1, -0.05) is 84.4 Å². The first-order valence-electron chi connectivity index (χ1n) is 17.5. The van der Waals surface area contributed by atoms with Gasteiger partial charge in [-0.15, -0.1) is 5.10 Å². The molecule has 2 aliphatic rings. The third-order valence-corrected chi connectivity index (χ3v) is 13.1. The monoisotopic (exact) mass is 737 g/mol. The Morgan fingerprint density at radius 1 is 1.04 bits per heavy atom. The number of benzene rings is 4. The van der Waals surface area contributed by atoms with E-state index in [-0.39, 0.29) is 30.9 Å². The van der Waals surface area contributed by atoms with Crippen molar-refractivity contribution < 1.29 is 23.5 Å². The molecule has 52 heavy (non-hydrogen) atoms. The summed E-state index contributed by atoms with van der Waals surface area (Å²) in [6, 6.07) is 31.4. The summed E-state index contributed by atoms with van der Waals surface area (Å²) in [5.41, 5.74) is 3.02. The molecule has 2 aliphatic heterocycles. The van der Waals surface area contributed by atoms with Crippen LogP contribution < -0.4 is 10.2 Å². The Bertz CT molecular complexity index is 2060. The van der Waals surface area contributed by atoms with Gasteiger partial charge >= 0.3 is 0 Å². The van der Waals surface area contributed by atoms with E-state index in [0.29, 0.717) is 46.2 Å². The minimum atomic E-state index is -3.39. The number of aliphatic hydroxyl groups excluding tert-OH is 1. The highest BCUT2D eigenvalue weighted by Gasteiger charge is 2.66. The summed E-state index contributed by atoms with van der Waals surface area (Å²) in [7, 11) is -3.39. The number of hydrogen-bond donors (Lipinski definition) is 2. The van der Waals surface area contributed by atoms with Crippen molar-refractivity contribution in [1.82, 2.24) is 15.0 Å². The number of carbonyl (C=O) groups is 2. The van der Waals surface area contributed by atoms with E-state index < -0.39 is 31.6 Å². The van der Waals surface area contributed by atoms with Crippen LogP contribution in [0.5, 0.6) is 0 Å². The SMILES string of the molecule is C[C@H]1[C@H]([Si](C)(C)F)[C@@H](CCn2cc(C(CO)c3ccccc3)nn2)O[C@]12C(=O)N(Cc1ccc(NC(=O)c3ccccc3)cc1)c1ccc(Cl)cc12. The van der Waals surface area contributed by atoms with E-state index in [1.165, 1.54) is 0 Å². The maximum absolute atomic E-state index is 16.4. The first kappa shape index (κ1) is 35.7. The minimum absolute atomic E-state index is 0.117. The van der Waals surface area contributed by atoms with Crippen LogP contribution in [0, 0.1) is 5.92 Å². The van der Waals surface area contributed by atoms with Gasteiger partial charge in [-0.2, -0.15) is 0 Å². The number of carbonyl (C=O) groups excluding carboxylic acids is 2. The normalized spacial score (nSPS) is 21.8. The lowest BCUT2D eigenvalue weighted by atomic mass is 9.82. The quantitative estimate of drug-likeness (QED) is 0.106. The number of amides is 2. The molecular weight excluding hydrogens is 697 g/mol. The predicted octanol–water partition coefficient (Wildman–Crippen LogP) is 7.72. The van der Waals surface area contributed by atoms with Crippen molar-refractivity contribution in [2.75, 3.05) is 16.8 Å². The smallest absolute Gasteiger partial charge is 0.264 e. The molecule has 1 spiro atoms. The summed E-state index contributed by atoms with van der Waals surface area (Å²) >= 11 is 6.56. The number of aryl methyl sites for hydroxylation is 1. The van der Waals surface area contributed by atoms with Gasteiger partial charge in [0, 0.05) is 46.0 Å². The lowest BCUT2D eigenvalue weighted by Gasteiger charge is -2.31. The van der Waals surface area contributed by atoms with Crippen LogP contribution >= 0.6 is 11.6 Å². The highest BCUT2D eigenvalue weighted by Crippen LogP contribution is 2.60. The highest BCUT2D eigenvalue weighted by atomic mass is 35.5. The predicted molar refractivity (Wildman–Crippen MR) is 202 cm³/mol. The van der Waals surface area contributed by atoms with E-state index in [2.05, 4.69) is 15.6 Å². The van der Waals surface area contributed by atoms with Gasteiger partial charge in [-0.25, -0.2) is 0 Å². The first-order valence-corrected chi connectivity index (χ1v) is 20.8. The van der Waals surface area contributed by atoms with E-state index in [0.717, 1.165) is 11.1 Å². The van der Waals surface area contributed by atoms with Crippen LogP contribution in [0.1, 0.15) is 52.0 Å². The summed E-state index contributed by atoms with van der Waals surface area (Å²) in [5, 5.41) is 22.2. The van der Waals surface area contributed by atoms with Crippen LogP contribution in [-0.4, -0.2) is 53.0 Å². The van der Waals surface area contributed by atoms with Crippen molar-refractivity contribution in [1.29, 1.82) is 0 Å². The maximum atomic E-state index is 16.4. The second-order valence-corrected chi connectivity index (χ2v) is 18.4. The van der Waals surface area contributed by atoms with E-state index in [4.69, 9.17) is 16.3 Å². The molecule has 5 atom stereocenters. The summed E-state index contributed by atoms with van der Waals surface area (Å²) in [6.07, 6.45) is 1.65. The zero-order valence-corrected chi connectivity index (χ0v) is 31.0. The molecule has 12 heteroatoms. The standard InChI is InChI=1S/C40H41ClFN5O4Si/c1-26-37(52(2,3)42)36(20-21-46-24-34(44-45-46)32(25-48)28-10-6-4-7-11-28)51-40(26)33-22-30(41)16-19-35(33)47(39(40)50)23-27-14-17-31(18-15-27)43-38(49)29-12-8-5-9-13-29/h4-19,22,24,26,32,36-37,48H,20-21,23,25H2,1-3H3,(H,43,49)/t26-,32?,36+,37-,40+/m0/s1. The molecule has 2 N–H and O–H groups in total. The Kier molecular flexibility index (Phi) is 9.88. The molecule has 0 saturated carbocycles. The summed E-state index contributed by atoms with van der Waals surface area (Å²) in [5.74, 6) is -1.25. The number of hydrogen-bond acceptors (Lipinski definition) is 6. The zero-order valence-electron chi connectivity index (χ0n) is 29.2. The Balaban J connectivity index is 1.13. The van der Waals surface area contributed by atoms with E-state index >= 15 is 4.11 Å². The molecule has 1 aromatic heterocycles. The van der Waals surface area contributed by atoms with Crippen molar-refractivity contribution in [2.45, 2.75) is 62.7 Å². The minimum Gasteiger partial charge on any atom is -0.395 e. The summed E-state index contributed by atoms with van der Waals surface area (Å²) in [4.78, 5) is 29.1. The Hall–Kier alpha value is -4.68. The van der Waals surface area contributed by atoms with Crippen molar-refractivity contribution >= 4 is 43.2 Å². The number of anilines is 2. The van der Waals surface area contributed by atoms with E-state index in [1.54, 1.807) is 46.9 Å². The first-order chi connectivity index (χ1) is 25.0. The molecule has 2 amide bonds. The number of fused-ring (bicyclic) bond motifs is 2. The molecule has 3 heterocycles. The second-order valence-electron chi connectivity index (χ2n) is 14.2. The molecule has 0 radical (unpaired) electrons. The number of aromatic nitrogens is 3. The van der Waals surface area contributed by atoms with Crippen molar-refractivity contribution in [3.63, 3.8) is 0 Å². The molecule has 1 saturated heterocycles. The fourth-order valence-electron chi connectivity index (χ4n) is 8.01. The average molecular weight is 738 g/mol. The van der Waals surface area contributed by atoms with Gasteiger partial charge in [0.1, 0.15) is 0 Å². The number of ether oxygens (including phenoxy) is 1. The van der Waals surface area contributed by atoms with E-state index in [1.807, 2.05) is 92.0 Å². The van der Waals surface area contributed by atoms with Gasteiger partial charge in [0.15, 0.2) is 5.60 Å². The Labute approximate surface area is 308 Å². The molecule has 1 fully saturated rings. The Morgan fingerprint density at radius 3 is 2.40 bits per heavy atom. The summed E-state index contributed by atoms with van der Waals surface area (Å²) in [6.45, 7) is 5.80. The van der Waals surface area contributed by atoms with Crippen LogP contribution in [0.15, 0.2) is 109 Å². The molecule has 4 aromatic carbocycles. The van der Waals surface area contributed by atoms with Crippen LogP contribution in [0.2, 0.25) is 23.7 Å². The fourth-order valence-corrected chi connectivity index (χ4v) is 10.7. The molecule has 0 aliphatic carbocycles. The fraction of sp³-hybridized carbons (Fsp3) is 0.300. The number of rotatable bonds is 11.